The Morgan fingerprint density at radius 3 is 2.59 bits per heavy atom. The van der Waals surface area contributed by atoms with Crippen molar-refractivity contribution in [1.82, 2.24) is 4.98 Å². The average molecular weight is 256 g/mol. The molecule has 1 aromatic heterocycles. The van der Waals surface area contributed by atoms with Gasteiger partial charge in [0.25, 0.3) is 10.0 Å². The zero-order chi connectivity index (χ0) is 12.7. The Balaban J connectivity index is 2.59. The third kappa shape index (κ3) is 4.83. The molecule has 17 heavy (non-hydrogen) atoms. The molecule has 0 aromatic carbocycles. The van der Waals surface area contributed by atoms with E-state index in [0.717, 1.165) is 24.8 Å². The van der Waals surface area contributed by atoms with Crippen molar-refractivity contribution in [3.63, 3.8) is 0 Å². The molecular weight excluding hydrogens is 236 g/mol. The maximum Gasteiger partial charge on any atom is 0.255 e. The van der Waals surface area contributed by atoms with E-state index in [1.165, 1.54) is 25.5 Å². The molecule has 0 saturated heterocycles. The zero-order valence-electron chi connectivity index (χ0n) is 10.2. The minimum absolute atomic E-state index is 0.0236. The van der Waals surface area contributed by atoms with Crippen LogP contribution < -0.4 is 5.14 Å². The summed E-state index contributed by atoms with van der Waals surface area (Å²) >= 11 is 0. The first-order chi connectivity index (χ1) is 8.05. The molecule has 0 aliphatic heterocycles. The lowest BCUT2D eigenvalue weighted by molar-refractivity contribution is 0.589. The van der Waals surface area contributed by atoms with E-state index in [4.69, 9.17) is 5.14 Å². The number of rotatable bonds is 7. The summed E-state index contributed by atoms with van der Waals surface area (Å²) in [5.41, 5.74) is 0.728. The van der Waals surface area contributed by atoms with Gasteiger partial charge >= 0.3 is 0 Å². The molecule has 4 nitrogen and oxygen atoms in total. The van der Waals surface area contributed by atoms with E-state index in [-0.39, 0.29) is 5.03 Å². The summed E-state index contributed by atoms with van der Waals surface area (Å²) < 4.78 is 22.6. The van der Waals surface area contributed by atoms with Gasteiger partial charge < -0.3 is 0 Å². The molecule has 0 unspecified atom stereocenters. The maximum atomic E-state index is 11.3. The van der Waals surface area contributed by atoms with Crippen LogP contribution in [0.25, 0.3) is 0 Å². The van der Waals surface area contributed by atoms with Crippen LogP contribution in [0, 0.1) is 0 Å². The topological polar surface area (TPSA) is 73.0 Å². The fraction of sp³-hybridized carbons (Fsp3) is 0.583. The van der Waals surface area contributed by atoms with Crippen molar-refractivity contribution in [3.05, 3.63) is 23.9 Å². The van der Waals surface area contributed by atoms with Crippen molar-refractivity contribution in [3.8, 4) is 0 Å². The van der Waals surface area contributed by atoms with E-state index in [1.54, 1.807) is 12.1 Å². The number of sulfonamides is 1. The Kier molecular flexibility index (Phi) is 5.58. The van der Waals surface area contributed by atoms with Gasteiger partial charge in [-0.05, 0) is 24.5 Å². The first-order valence-corrected chi connectivity index (χ1v) is 7.57. The zero-order valence-corrected chi connectivity index (χ0v) is 11.0. The second kappa shape index (κ2) is 6.71. The molecule has 0 aliphatic carbocycles. The summed E-state index contributed by atoms with van der Waals surface area (Å²) in [5, 5.41) is 5.14. The van der Waals surface area contributed by atoms with Gasteiger partial charge in [-0.3, -0.25) is 0 Å². The highest BCUT2D eigenvalue weighted by Crippen LogP contribution is 2.14. The van der Waals surface area contributed by atoms with E-state index in [9.17, 15) is 8.42 Å². The van der Waals surface area contributed by atoms with Gasteiger partial charge in [-0.2, -0.15) is 0 Å². The molecule has 1 rings (SSSR count). The van der Waals surface area contributed by atoms with Crippen molar-refractivity contribution in [1.29, 1.82) is 0 Å². The van der Waals surface area contributed by atoms with Crippen LogP contribution in [0.4, 0.5) is 0 Å². The van der Waals surface area contributed by atoms with E-state index in [0.29, 0.717) is 0 Å². The standard InChI is InChI=1S/C12H20N2O2S/c1-2-3-4-5-6-8-11-9-7-10-14-12(11)17(13,15)16/h7,9-10H,2-6,8H2,1H3,(H2,13,15,16). The molecule has 2 N–H and O–H groups in total. The lowest BCUT2D eigenvalue weighted by atomic mass is 10.1. The molecule has 0 radical (unpaired) electrons. The normalized spacial score (nSPS) is 11.6. The molecule has 1 aromatic rings. The Bertz CT molecular complexity index is 444. The van der Waals surface area contributed by atoms with Gasteiger partial charge in [0.15, 0.2) is 5.03 Å². The number of hydrogen-bond acceptors (Lipinski definition) is 3. The van der Waals surface area contributed by atoms with Gasteiger partial charge in [-0.1, -0.05) is 38.7 Å². The summed E-state index contributed by atoms with van der Waals surface area (Å²) in [7, 11) is -3.69. The third-order valence-corrected chi connectivity index (χ3v) is 3.58. The van der Waals surface area contributed by atoms with Crippen molar-refractivity contribution < 1.29 is 8.42 Å². The molecule has 1 heterocycles. The summed E-state index contributed by atoms with van der Waals surface area (Å²) in [6, 6.07) is 3.53. The molecule has 96 valence electrons. The van der Waals surface area contributed by atoms with E-state index < -0.39 is 10.0 Å². The van der Waals surface area contributed by atoms with Gasteiger partial charge in [0, 0.05) is 6.20 Å². The van der Waals surface area contributed by atoms with Crippen molar-refractivity contribution in [2.45, 2.75) is 50.5 Å². The smallest absolute Gasteiger partial charge is 0.243 e. The number of primary sulfonamides is 1. The van der Waals surface area contributed by atoms with Crippen LogP contribution in [0.5, 0.6) is 0 Å². The number of hydrogen-bond donors (Lipinski definition) is 1. The second-order valence-corrected chi connectivity index (χ2v) is 5.65. The summed E-state index contributed by atoms with van der Waals surface area (Å²) in [4.78, 5) is 3.85. The monoisotopic (exact) mass is 256 g/mol. The molecule has 5 heteroatoms. The van der Waals surface area contributed by atoms with Crippen LogP contribution in [0.3, 0.4) is 0 Å². The molecule has 0 atom stereocenters. The lowest BCUT2D eigenvalue weighted by Gasteiger charge is -2.06. The Labute approximate surface area is 103 Å². The Morgan fingerprint density at radius 1 is 1.24 bits per heavy atom. The number of aromatic nitrogens is 1. The Hall–Kier alpha value is -0.940. The van der Waals surface area contributed by atoms with Gasteiger partial charge in [0.2, 0.25) is 0 Å². The first kappa shape index (κ1) is 14.1. The minimum atomic E-state index is -3.69. The fourth-order valence-electron chi connectivity index (χ4n) is 1.79. The van der Waals surface area contributed by atoms with Gasteiger partial charge in [-0.25, -0.2) is 18.5 Å². The molecule has 0 fully saturated rings. The maximum absolute atomic E-state index is 11.3. The number of nitrogens with zero attached hydrogens (tertiary/aromatic N) is 1. The van der Waals surface area contributed by atoms with E-state index >= 15 is 0 Å². The summed E-state index contributed by atoms with van der Waals surface area (Å²) in [6.07, 6.45) is 7.91. The first-order valence-electron chi connectivity index (χ1n) is 6.02. The highest BCUT2D eigenvalue weighted by Gasteiger charge is 2.14. The average Bonchev–Trinajstić information content (AvgIpc) is 2.28. The minimum Gasteiger partial charge on any atom is -0.243 e. The van der Waals surface area contributed by atoms with E-state index in [1.807, 2.05) is 0 Å². The van der Waals surface area contributed by atoms with Crippen LogP contribution in [0.2, 0.25) is 0 Å². The van der Waals surface area contributed by atoms with Crippen molar-refractivity contribution >= 4 is 10.0 Å². The number of nitrogens with two attached hydrogens (primary N) is 1. The highest BCUT2D eigenvalue weighted by atomic mass is 32.2. The van der Waals surface area contributed by atoms with Gasteiger partial charge in [0.05, 0.1) is 0 Å². The molecular formula is C12H20N2O2S. The fourth-order valence-corrected chi connectivity index (χ4v) is 2.53. The number of pyridine rings is 1. The van der Waals surface area contributed by atoms with Crippen LogP contribution in [-0.2, 0) is 16.4 Å². The number of aryl methyl sites for hydroxylation is 1. The van der Waals surface area contributed by atoms with Gasteiger partial charge in [0.1, 0.15) is 0 Å². The molecule has 0 spiro atoms. The van der Waals surface area contributed by atoms with Crippen LogP contribution in [0.15, 0.2) is 23.4 Å². The summed E-state index contributed by atoms with van der Waals surface area (Å²) in [6.45, 7) is 2.17. The molecule has 0 bridgehead atoms. The third-order valence-electron chi connectivity index (χ3n) is 2.67. The summed E-state index contributed by atoms with van der Waals surface area (Å²) in [5.74, 6) is 0. The van der Waals surface area contributed by atoms with Crippen molar-refractivity contribution in [2.24, 2.45) is 5.14 Å². The molecule has 0 amide bonds. The lowest BCUT2D eigenvalue weighted by Crippen LogP contribution is -2.16. The predicted molar refractivity (Wildman–Crippen MR) is 68.1 cm³/mol. The largest absolute Gasteiger partial charge is 0.255 e. The Morgan fingerprint density at radius 2 is 1.94 bits per heavy atom. The van der Waals surface area contributed by atoms with Gasteiger partial charge in [-0.15, -0.1) is 0 Å². The predicted octanol–water partition coefficient (Wildman–Crippen LogP) is 2.24. The molecule has 0 saturated carbocycles. The second-order valence-electron chi connectivity index (χ2n) is 4.18. The van der Waals surface area contributed by atoms with Crippen LogP contribution in [-0.4, -0.2) is 13.4 Å². The van der Waals surface area contributed by atoms with Crippen LogP contribution >= 0.6 is 0 Å². The highest BCUT2D eigenvalue weighted by molar-refractivity contribution is 7.89. The SMILES string of the molecule is CCCCCCCc1cccnc1S(N)(=O)=O. The molecule has 0 aliphatic rings. The van der Waals surface area contributed by atoms with Crippen molar-refractivity contribution in [2.75, 3.05) is 0 Å². The van der Waals surface area contributed by atoms with Crippen LogP contribution in [0.1, 0.15) is 44.6 Å². The number of unbranched alkanes of at least 4 members (excludes halogenated alkanes) is 4. The quantitative estimate of drug-likeness (QED) is 0.760. The van der Waals surface area contributed by atoms with E-state index in [2.05, 4.69) is 11.9 Å².